The number of nitrogens with zero attached hydrogens (tertiary/aromatic N) is 1. The third kappa shape index (κ3) is 4.00. The normalized spacial score (nSPS) is 13.6. The van der Waals surface area contributed by atoms with Gasteiger partial charge in [0.15, 0.2) is 0 Å². The van der Waals surface area contributed by atoms with Crippen LogP contribution < -0.4 is 10.6 Å². The van der Waals surface area contributed by atoms with E-state index in [1.807, 2.05) is 31.4 Å². The first kappa shape index (κ1) is 18.5. The number of amides is 2. The van der Waals surface area contributed by atoms with Crippen LogP contribution in [0.15, 0.2) is 53.2 Å². The number of aromatic hydroxyl groups is 1. The predicted molar refractivity (Wildman–Crippen MR) is 99.0 cm³/mol. The van der Waals surface area contributed by atoms with Crippen molar-refractivity contribution >= 4 is 28.8 Å². The Morgan fingerprint density at radius 2 is 1.72 bits per heavy atom. The smallest absolute Gasteiger partial charge is 0.279 e. The number of carbonyl (C=O) groups excluding carboxylic acids is 2. The number of hydrogen-bond donors (Lipinski definition) is 3. The van der Waals surface area contributed by atoms with E-state index in [1.165, 1.54) is 13.1 Å². The molecule has 0 saturated heterocycles. The minimum Gasteiger partial charge on any atom is -0.506 e. The molecule has 6 nitrogen and oxygen atoms in total. The maximum absolute atomic E-state index is 12.3. The number of rotatable bonds is 5. The number of para-hydroxylation sites is 2. The number of nitrogens with one attached hydrogen (secondary N) is 2. The lowest BCUT2D eigenvalue weighted by Crippen LogP contribution is -2.29. The van der Waals surface area contributed by atoms with Gasteiger partial charge in [-0.3, -0.25) is 14.5 Å². The van der Waals surface area contributed by atoms with Crippen LogP contribution in [0.4, 0.5) is 5.69 Å². The van der Waals surface area contributed by atoms with Crippen LogP contribution in [0.3, 0.4) is 0 Å². The first-order chi connectivity index (χ1) is 12.1. The van der Waals surface area contributed by atoms with Crippen molar-refractivity contribution in [2.24, 2.45) is 0 Å². The molecule has 2 amide bonds. The summed E-state index contributed by atoms with van der Waals surface area (Å²) in [6.07, 6.45) is 0. The van der Waals surface area contributed by atoms with E-state index in [1.54, 1.807) is 29.5 Å². The van der Waals surface area contributed by atoms with Gasteiger partial charge in [-0.25, -0.2) is 0 Å². The molecule has 2 aromatic rings. The molecule has 1 aliphatic heterocycles. The number of carbonyl (C=O) groups is 2. The van der Waals surface area contributed by atoms with Gasteiger partial charge in [0.05, 0.1) is 5.69 Å². The van der Waals surface area contributed by atoms with Crippen LogP contribution in [0.5, 0.6) is 5.75 Å². The van der Waals surface area contributed by atoms with Crippen LogP contribution >= 0.6 is 11.3 Å². The van der Waals surface area contributed by atoms with E-state index in [4.69, 9.17) is 0 Å². The molecule has 0 spiro atoms. The Bertz CT molecular complexity index is 785. The summed E-state index contributed by atoms with van der Waals surface area (Å²) < 4.78 is 0. The summed E-state index contributed by atoms with van der Waals surface area (Å²) in [7, 11) is 1.43. The van der Waals surface area contributed by atoms with E-state index < -0.39 is 11.8 Å². The van der Waals surface area contributed by atoms with E-state index in [0.717, 1.165) is 9.78 Å². The van der Waals surface area contributed by atoms with Crippen LogP contribution in [-0.2, 0) is 16.1 Å². The largest absolute Gasteiger partial charge is 0.506 e. The highest BCUT2D eigenvalue weighted by molar-refractivity contribution is 7.09. The molecule has 2 heterocycles. The average molecular weight is 359 g/mol. The molecule has 0 fully saturated rings. The molecular weight excluding hydrogens is 338 g/mol. The molecule has 0 radical (unpaired) electrons. The zero-order chi connectivity index (χ0) is 18.4. The Kier molecular flexibility index (Phi) is 6.19. The predicted octanol–water partition coefficient (Wildman–Crippen LogP) is 2.89. The topological polar surface area (TPSA) is 81.7 Å². The van der Waals surface area contributed by atoms with Gasteiger partial charge >= 0.3 is 0 Å². The number of benzene rings is 1. The van der Waals surface area contributed by atoms with Crippen molar-refractivity contribution in [1.82, 2.24) is 10.2 Å². The number of anilines is 1. The second-order valence-corrected chi connectivity index (χ2v) is 6.03. The lowest BCUT2D eigenvalue weighted by molar-refractivity contribution is -0.136. The Balaban J connectivity index is 0.00000109. The minimum atomic E-state index is -0.438. The first-order valence-corrected chi connectivity index (χ1v) is 8.84. The molecule has 1 aromatic heterocycles. The minimum absolute atomic E-state index is 0.00686. The Morgan fingerprint density at radius 1 is 1.04 bits per heavy atom. The molecule has 0 aliphatic carbocycles. The van der Waals surface area contributed by atoms with Crippen LogP contribution in [0.25, 0.3) is 0 Å². The lowest BCUT2D eigenvalue weighted by atomic mass is 10.2. The Hall–Kier alpha value is -2.80. The standard InChI is InChI=1S/C16H15N3O3S.C2H6/c1-19-15(21)13(17-9-10-5-4-8-23-10)14(16(19)22)18-11-6-2-3-7-12(11)20;1-2/h2-8,17-18,20H,9H2,1H3;1-2H3. The molecule has 3 N–H and O–H groups in total. The zero-order valence-electron chi connectivity index (χ0n) is 14.4. The van der Waals surface area contributed by atoms with Gasteiger partial charge in [0.25, 0.3) is 11.8 Å². The molecule has 25 heavy (non-hydrogen) atoms. The highest BCUT2D eigenvalue weighted by atomic mass is 32.1. The maximum atomic E-state index is 12.3. The molecule has 1 aliphatic rings. The first-order valence-electron chi connectivity index (χ1n) is 7.96. The van der Waals surface area contributed by atoms with Crippen molar-refractivity contribution in [1.29, 1.82) is 0 Å². The second kappa shape index (κ2) is 8.34. The maximum Gasteiger partial charge on any atom is 0.279 e. The molecule has 7 heteroatoms. The number of hydrogen-bond acceptors (Lipinski definition) is 6. The van der Waals surface area contributed by atoms with Crippen molar-refractivity contribution in [2.45, 2.75) is 20.4 Å². The average Bonchev–Trinajstić information content (AvgIpc) is 3.21. The zero-order valence-corrected chi connectivity index (χ0v) is 15.2. The summed E-state index contributed by atoms with van der Waals surface area (Å²) in [6.45, 7) is 4.45. The van der Waals surface area contributed by atoms with E-state index in [-0.39, 0.29) is 17.1 Å². The van der Waals surface area contributed by atoms with Gasteiger partial charge < -0.3 is 15.7 Å². The molecule has 0 saturated carbocycles. The quantitative estimate of drug-likeness (QED) is 0.565. The lowest BCUT2D eigenvalue weighted by Gasteiger charge is -2.10. The fourth-order valence-corrected chi connectivity index (χ4v) is 2.87. The SMILES string of the molecule is CC.CN1C(=O)C(NCc2cccs2)=C(Nc2ccccc2O)C1=O. The highest BCUT2D eigenvalue weighted by Gasteiger charge is 2.36. The second-order valence-electron chi connectivity index (χ2n) is 4.99. The number of phenols is 1. The number of likely N-dealkylation sites (N-methyl/N-ethyl adjacent to an activating group) is 1. The molecule has 0 unspecified atom stereocenters. The number of imide groups is 1. The summed E-state index contributed by atoms with van der Waals surface area (Å²) >= 11 is 1.56. The van der Waals surface area contributed by atoms with Crippen molar-refractivity contribution < 1.29 is 14.7 Å². The summed E-state index contributed by atoms with van der Waals surface area (Å²) in [4.78, 5) is 26.6. The molecule has 1 aromatic carbocycles. The van der Waals surface area contributed by atoms with Crippen molar-refractivity contribution in [3.8, 4) is 5.75 Å². The molecular formula is C18H21N3O3S. The van der Waals surface area contributed by atoms with Crippen molar-refractivity contribution in [3.05, 3.63) is 58.0 Å². The van der Waals surface area contributed by atoms with Crippen LogP contribution in [-0.4, -0.2) is 28.9 Å². The van der Waals surface area contributed by atoms with Gasteiger partial charge in [-0.2, -0.15) is 0 Å². The van der Waals surface area contributed by atoms with Gasteiger partial charge in [0.2, 0.25) is 0 Å². The third-order valence-electron chi connectivity index (χ3n) is 3.47. The van der Waals surface area contributed by atoms with Crippen LogP contribution in [0.1, 0.15) is 18.7 Å². The summed E-state index contributed by atoms with van der Waals surface area (Å²) in [5, 5.41) is 17.7. The molecule has 3 rings (SSSR count). The summed E-state index contributed by atoms with van der Waals surface area (Å²) in [5.41, 5.74) is 0.707. The monoisotopic (exact) mass is 359 g/mol. The number of thiophene rings is 1. The fraction of sp³-hybridized carbons (Fsp3) is 0.222. The van der Waals surface area contributed by atoms with E-state index >= 15 is 0 Å². The highest BCUT2D eigenvalue weighted by Crippen LogP contribution is 2.27. The van der Waals surface area contributed by atoms with E-state index in [9.17, 15) is 14.7 Å². The molecule has 132 valence electrons. The fourth-order valence-electron chi connectivity index (χ4n) is 2.22. The van der Waals surface area contributed by atoms with Gasteiger partial charge in [0.1, 0.15) is 17.1 Å². The summed E-state index contributed by atoms with van der Waals surface area (Å²) in [6, 6.07) is 10.4. The Labute approximate surface area is 150 Å². The van der Waals surface area contributed by atoms with E-state index in [2.05, 4.69) is 10.6 Å². The van der Waals surface area contributed by atoms with Crippen molar-refractivity contribution in [2.75, 3.05) is 12.4 Å². The van der Waals surface area contributed by atoms with Crippen molar-refractivity contribution in [3.63, 3.8) is 0 Å². The van der Waals surface area contributed by atoms with E-state index in [0.29, 0.717) is 12.2 Å². The van der Waals surface area contributed by atoms with Gasteiger partial charge in [-0.05, 0) is 23.6 Å². The number of phenolic OH excluding ortho intramolecular Hbond substituents is 1. The Morgan fingerprint density at radius 3 is 2.36 bits per heavy atom. The van der Waals surface area contributed by atoms with Gasteiger partial charge in [-0.1, -0.05) is 32.0 Å². The van der Waals surface area contributed by atoms with Crippen LogP contribution in [0.2, 0.25) is 0 Å². The third-order valence-corrected chi connectivity index (χ3v) is 4.35. The van der Waals surface area contributed by atoms with Gasteiger partial charge in [-0.15, -0.1) is 11.3 Å². The summed E-state index contributed by atoms with van der Waals surface area (Å²) in [5.74, 6) is -0.830. The molecule has 0 atom stereocenters. The van der Waals surface area contributed by atoms with Gasteiger partial charge in [0, 0.05) is 18.5 Å². The molecule has 0 bridgehead atoms. The van der Waals surface area contributed by atoms with Crippen LogP contribution in [0, 0.1) is 0 Å².